The van der Waals surface area contributed by atoms with Gasteiger partial charge in [-0.25, -0.2) is 13.6 Å². The van der Waals surface area contributed by atoms with Crippen LogP contribution in [0.4, 0.5) is 8.78 Å². The van der Waals surface area contributed by atoms with E-state index in [-0.39, 0.29) is 56.0 Å². The smallest absolute Gasteiger partial charge is 0.343 e. The van der Waals surface area contributed by atoms with Crippen LogP contribution in [-0.4, -0.2) is 46.5 Å². The number of carbonyl (C=O) groups excluding carboxylic acids is 2. The minimum absolute atomic E-state index is 0.0392. The maximum absolute atomic E-state index is 14.0. The highest BCUT2D eigenvalue weighted by Crippen LogP contribution is 2.25. The molecule has 1 aliphatic heterocycles. The Balaban J connectivity index is 1.59. The molecule has 3 aromatic rings. The van der Waals surface area contributed by atoms with Gasteiger partial charge in [0.25, 0.3) is 5.56 Å². The highest BCUT2D eigenvalue weighted by atomic mass is 19.2. The molecule has 10 heteroatoms. The molecule has 35 heavy (non-hydrogen) atoms. The maximum Gasteiger partial charge on any atom is 0.343 e. The fraction of sp³-hybridized carbons (Fsp3) is 0.280. The predicted octanol–water partition coefficient (Wildman–Crippen LogP) is 2.51. The number of benzene rings is 1. The summed E-state index contributed by atoms with van der Waals surface area (Å²) in [6.45, 7) is 0.494. The number of rotatable bonds is 6. The lowest BCUT2D eigenvalue weighted by Gasteiger charge is -2.20. The number of nitrogens with zero attached hydrogens (tertiary/aromatic N) is 3. The first-order valence-electron chi connectivity index (χ1n) is 11.0. The van der Waals surface area contributed by atoms with Crippen molar-refractivity contribution < 1.29 is 27.8 Å². The molecule has 1 aliphatic rings. The highest BCUT2D eigenvalue weighted by molar-refractivity contribution is 5.93. The molecule has 0 saturated heterocycles. The van der Waals surface area contributed by atoms with Crippen molar-refractivity contribution in [3.05, 3.63) is 93.2 Å². The number of ether oxygens (including phenoxy) is 2. The SMILES string of the molecule is COC(=O)c1c(OCc2ccccn2)cc(=O)n2c1CCN(C(=O)Cc1cccc(F)c1F)CC2. The Hall–Kier alpha value is -4.08. The maximum atomic E-state index is 14.0. The van der Waals surface area contributed by atoms with Gasteiger partial charge in [-0.1, -0.05) is 18.2 Å². The van der Waals surface area contributed by atoms with Crippen LogP contribution in [0, 0.1) is 11.6 Å². The lowest BCUT2D eigenvalue weighted by atomic mass is 10.1. The summed E-state index contributed by atoms with van der Waals surface area (Å²) < 4.78 is 39.7. The highest BCUT2D eigenvalue weighted by Gasteiger charge is 2.28. The van der Waals surface area contributed by atoms with Crippen molar-refractivity contribution in [2.24, 2.45) is 0 Å². The molecule has 0 saturated carbocycles. The molecule has 182 valence electrons. The van der Waals surface area contributed by atoms with Crippen LogP contribution in [-0.2, 0) is 35.5 Å². The molecular weight excluding hydrogens is 460 g/mol. The van der Waals surface area contributed by atoms with Crippen molar-refractivity contribution in [2.75, 3.05) is 20.2 Å². The summed E-state index contributed by atoms with van der Waals surface area (Å²) in [4.78, 5) is 44.0. The Morgan fingerprint density at radius 2 is 1.91 bits per heavy atom. The first-order valence-corrected chi connectivity index (χ1v) is 11.0. The number of hydrogen-bond donors (Lipinski definition) is 0. The largest absolute Gasteiger partial charge is 0.486 e. The predicted molar refractivity (Wildman–Crippen MR) is 121 cm³/mol. The van der Waals surface area contributed by atoms with Crippen molar-refractivity contribution in [1.29, 1.82) is 0 Å². The van der Waals surface area contributed by atoms with Crippen LogP contribution in [0.2, 0.25) is 0 Å². The van der Waals surface area contributed by atoms with Gasteiger partial charge in [0, 0.05) is 49.6 Å². The second-order valence-corrected chi connectivity index (χ2v) is 7.94. The van der Waals surface area contributed by atoms with Crippen molar-refractivity contribution in [3.63, 3.8) is 0 Å². The summed E-state index contributed by atoms with van der Waals surface area (Å²) in [6, 6.07) is 10.2. The Bertz CT molecular complexity index is 1310. The zero-order valence-corrected chi connectivity index (χ0v) is 19.0. The summed E-state index contributed by atoms with van der Waals surface area (Å²) in [6.07, 6.45) is 1.45. The fourth-order valence-electron chi connectivity index (χ4n) is 4.03. The van der Waals surface area contributed by atoms with Crippen molar-refractivity contribution in [3.8, 4) is 5.75 Å². The minimum Gasteiger partial charge on any atom is -0.486 e. The minimum atomic E-state index is -1.06. The van der Waals surface area contributed by atoms with Gasteiger partial charge in [0.05, 0.1) is 19.2 Å². The van der Waals surface area contributed by atoms with E-state index in [4.69, 9.17) is 9.47 Å². The Morgan fingerprint density at radius 3 is 2.66 bits per heavy atom. The number of fused-ring (bicyclic) bond motifs is 1. The molecule has 1 aromatic carbocycles. The van der Waals surface area contributed by atoms with Crippen LogP contribution < -0.4 is 10.3 Å². The summed E-state index contributed by atoms with van der Waals surface area (Å²) in [5, 5.41) is 0. The molecule has 2 aromatic heterocycles. The van der Waals surface area contributed by atoms with Crippen LogP contribution in [0.3, 0.4) is 0 Å². The van der Waals surface area contributed by atoms with E-state index in [0.717, 1.165) is 6.07 Å². The number of aromatic nitrogens is 2. The van der Waals surface area contributed by atoms with Gasteiger partial charge in [-0.2, -0.15) is 0 Å². The molecule has 0 unspecified atom stereocenters. The normalized spacial score (nSPS) is 13.1. The molecule has 1 amide bonds. The van der Waals surface area contributed by atoms with Crippen molar-refractivity contribution in [1.82, 2.24) is 14.5 Å². The number of carbonyl (C=O) groups is 2. The zero-order chi connectivity index (χ0) is 24.9. The van der Waals surface area contributed by atoms with E-state index in [1.54, 1.807) is 24.4 Å². The molecule has 0 atom stereocenters. The van der Waals surface area contributed by atoms with Crippen LogP contribution in [0.15, 0.2) is 53.5 Å². The van der Waals surface area contributed by atoms with Crippen molar-refractivity contribution >= 4 is 11.9 Å². The van der Waals surface area contributed by atoms with E-state index < -0.39 is 29.1 Å². The van der Waals surface area contributed by atoms with Gasteiger partial charge in [0.15, 0.2) is 11.6 Å². The third-order valence-corrected chi connectivity index (χ3v) is 5.81. The van der Waals surface area contributed by atoms with Gasteiger partial charge >= 0.3 is 5.97 Å². The number of esters is 1. The van der Waals surface area contributed by atoms with Gasteiger partial charge < -0.3 is 18.9 Å². The topological polar surface area (TPSA) is 90.7 Å². The monoisotopic (exact) mass is 483 g/mol. The standard InChI is InChI=1S/C25H23F2N3O5/c1-34-25(33)23-19-8-10-29(21(31)13-16-5-4-7-18(26)24(16)27)11-12-30(19)22(32)14-20(23)35-15-17-6-2-3-9-28-17/h2-7,9,14H,8,10-13,15H2,1H3. The third kappa shape index (κ3) is 5.21. The first kappa shape index (κ1) is 24.1. The molecule has 3 heterocycles. The molecule has 4 rings (SSSR count). The lowest BCUT2D eigenvalue weighted by molar-refractivity contribution is -0.130. The van der Waals surface area contributed by atoms with E-state index in [1.165, 1.54) is 34.8 Å². The second kappa shape index (κ2) is 10.5. The first-order chi connectivity index (χ1) is 16.9. The van der Waals surface area contributed by atoms with Crippen molar-refractivity contribution in [2.45, 2.75) is 26.0 Å². The molecule has 0 spiro atoms. The molecule has 0 aliphatic carbocycles. The van der Waals surface area contributed by atoms with Gasteiger partial charge in [-0.3, -0.25) is 14.6 Å². The quantitative estimate of drug-likeness (QED) is 0.501. The molecule has 8 nitrogen and oxygen atoms in total. The van der Waals surface area contributed by atoms with E-state index in [9.17, 15) is 23.2 Å². The summed E-state index contributed by atoms with van der Waals surface area (Å²) in [7, 11) is 1.23. The van der Waals surface area contributed by atoms with E-state index >= 15 is 0 Å². The van der Waals surface area contributed by atoms with E-state index in [2.05, 4.69) is 4.98 Å². The van der Waals surface area contributed by atoms with Gasteiger partial charge in [0.1, 0.15) is 17.9 Å². The van der Waals surface area contributed by atoms with Crippen LogP contribution in [0.5, 0.6) is 5.75 Å². The molecule has 0 N–H and O–H groups in total. The number of methoxy groups -OCH3 is 1. The Morgan fingerprint density at radius 1 is 1.09 bits per heavy atom. The Kier molecular flexibility index (Phi) is 7.19. The van der Waals surface area contributed by atoms with Gasteiger partial charge in [0.2, 0.25) is 5.91 Å². The summed E-state index contributed by atoms with van der Waals surface area (Å²) >= 11 is 0. The fourth-order valence-corrected chi connectivity index (χ4v) is 4.03. The molecule has 0 radical (unpaired) electrons. The summed E-state index contributed by atoms with van der Waals surface area (Å²) in [5.41, 5.74) is 0.657. The number of amides is 1. The molecule has 0 bridgehead atoms. The molecular formula is C25H23F2N3O5. The Labute approximate surface area is 199 Å². The average Bonchev–Trinajstić information content (AvgIpc) is 3.09. The van der Waals surface area contributed by atoms with Gasteiger partial charge in [-0.15, -0.1) is 0 Å². The van der Waals surface area contributed by atoms with E-state index in [0.29, 0.717) is 11.4 Å². The summed E-state index contributed by atoms with van der Waals surface area (Å²) in [5.74, 6) is -3.10. The van der Waals surface area contributed by atoms with Crippen LogP contribution in [0.1, 0.15) is 27.3 Å². The van der Waals surface area contributed by atoms with E-state index in [1.807, 2.05) is 0 Å². The zero-order valence-electron chi connectivity index (χ0n) is 19.0. The van der Waals surface area contributed by atoms with Crippen LogP contribution in [0.25, 0.3) is 0 Å². The number of hydrogen-bond acceptors (Lipinski definition) is 6. The number of pyridine rings is 2. The average molecular weight is 483 g/mol. The third-order valence-electron chi connectivity index (χ3n) is 5.81. The van der Waals surface area contributed by atoms with Gasteiger partial charge in [-0.05, 0) is 18.2 Å². The number of halogens is 2. The lowest BCUT2D eigenvalue weighted by Crippen LogP contribution is -2.35. The van der Waals surface area contributed by atoms with Crippen LogP contribution >= 0.6 is 0 Å². The molecule has 0 fully saturated rings. The second-order valence-electron chi connectivity index (χ2n) is 7.94.